The van der Waals surface area contributed by atoms with Gasteiger partial charge in [-0.15, -0.1) is 0 Å². The Bertz CT molecular complexity index is 1120. The number of nitrogens with zero attached hydrogens (tertiary/aromatic N) is 3. The van der Waals surface area contributed by atoms with E-state index in [1.54, 1.807) is 34.8 Å². The molecule has 152 valence electrons. The molecule has 1 saturated heterocycles. The summed E-state index contributed by atoms with van der Waals surface area (Å²) in [5.74, 6) is 0.608. The molecule has 3 N–H and O–H groups in total. The SMILES string of the molecule is COc1cc(Cl)cc(CC(=O)N2CCC[C@H](n3c(=O)[nH]c4ncc(N)cc43)C2)c1. The number of amides is 1. The van der Waals surface area contributed by atoms with Crippen LogP contribution >= 0.6 is 11.6 Å². The normalized spacial score (nSPS) is 16.9. The number of hydrogen-bond acceptors (Lipinski definition) is 5. The third-order valence-corrected chi connectivity index (χ3v) is 5.45. The van der Waals surface area contributed by atoms with Gasteiger partial charge >= 0.3 is 5.69 Å². The van der Waals surface area contributed by atoms with Crippen LogP contribution in [0.3, 0.4) is 0 Å². The number of carbonyl (C=O) groups is 1. The third-order valence-electron chi connectivity index (χ3n) is 5.23. The molecule has 3 aromatic rings. The van der Waals surface area contributed by atoms with Crippen LogP contribution in [0.15, 0.2) is 35.3 Å². The van der Waals surface area contributed by atoms with E-state index in [4.69, 9.17) is 22.1 Å². The fraction of sp³-hybridized carbons (Fsp3) is 0.350. The maximum atomic E-state index is 12.9. The number of hydrogen-bond donors (Lipinski definition) is 2. The van der Waals surface area contributed by atoms with Gasteiger partial charge in [-0.05, 0) is 42.7 Å². The number of fused-ring (bicyclic) bond motifs is 1. The Kier molecular flexibility index (Phi) is 5.19. The fourth-order valence-corrected chi connectivity index (χ4v) is 4.15. The number of rotatable bonds is 4. The van der Waals surface area contributed by atoms with Crippen molar-refractivity contribution in [1.29, 1.82) is 0 Å². The van der Waals surface area contributed by atoms with Gasteiger partial charge in [-0.25, -0.2) is 9.78 Å². The lowest BCUT2D eigenvalue weighted by atomic mass is 10.0. The molecule has 0 spiro atoms. The van der Waals surface area contributed by atoms with Crippen LogP contribution < -0.4 is 16.2 Å². The number of carbonyl (C=O) groups excluding carboxylic acids is 1. The smallest absolute Gasteiger partial charge is 0.327 e. The van der Waals surface area contributed by atoms with Crippen LogP contribution in [-0.2, 0) is 11.2 Å². The second-order valence-electron chi connectivity index (χ2n) is 7.25. The first-order valence-corrected chi connectivity index (χ1v) is 9.79. The molecule has 1 aromatic carbocycles. The Hall–Kier alpha value is -3.00. The predicted molar refractivity (Wildman–Crippen MR) is 111 cm³/mol. The van der Waals surface area contributed by atoms with Crippen molar-refractivity contribution in [2.45, 2.75) is 25.3 Å². The lowest BCUT2D eigenvalue weighted by Gasteiger charge is -2.33. The molecule has 2 aromatic heterocycles. The number of H-pyrrole nitrogens is 1. The van der Waals surface area contributed by atoms with Gasteiger partial charge in [0.05, 0.1) is 37.0 Å². The minimum atomic E-state index is -0.239. The summed E-state index contributed by atoms with van der Waals surface area (Å²) in [6.07, 6.45) is 3.35. The fourth-order valence-electron chi connectivity index (χ4n) is 3.90. The van der Waals surface area contributed by atoms with Crippen molar-refractivity contribution in [3.63, 3.8) is 0 Å². The topological polar surface area (TPSA) is 106 Å². The number of likely N-dealkylation sites (tertiary alicyclic amines) is 1. The molecule has 1 aliphatic rings. The van der Waals surface area contributed by atoms with Gasteiger partial charge in [0.15, 0.2) is 5.65 Å². The molecule has 1 aliphatic heterocycles. The molecule has 0 radical (unpaired) electrons. The summed E-state index contributed by atoms with van der Waals surface area (Å²) < 4.78 is 6.89. The summed E-state index contributed by atoms with van der Waals surface area (Å²) in [5, 5.41) is 0.527. The first kappa shape index (κ1) is 19.3. The standard InChI is InChI=1S/C20H22ClN5O3/c1-29-16-6-12(5-13(21)8-16)7-18(27)25-4-2-3-15(11-25)26-17-9-14(22)10-23-19(17)24-20(26)28/h5-6,8-10,15H,2-4,7,11,22H2,1H3,(H,23,24,28)/t15-/m0/s1. The lowest BCUT2D eigenvalue weighted by Crippen LogP contribution is -2.43. The number of benzene rings is 1. The number of pyridine rings is 1. The van der Waals surface area contributed by atoms with Crippen molar-refractivity contribution in [1.82, 2.24) is 19.4 Å². The van der Waals surface area contributed by atoms with E-state index in [-0.39, 0.29) is 24.1 Å². The van der Waals surface area contributed by atoms with Crippen molar-refractivity contribution in [2.24, 2.45) is 0 Å². The Morgan fingerprint density at radius 3 is 3.00 bits per heavy atom. The van der Waals surface area contributed by atoms with E-state index >= 15 is 0 Å². The van der Waals surface area contributed by atoms with Gasteiger partial charge < -0.3 is 15.4 Å². The van der Waals surface area contributed by atoms with Crippen molar-refractivity contribution in [3.05, 3.63) is 51.5 Å². The van der Waals surface area contributed by atoms with Gasteiger partial charge in [0.1, 0.15) is 5.75 Å². The van der Waals surface area contributed by atoms with Crippen molar-refractivity contribution >= 4 is 34.4 Å². The highest BCUT2D eigenvalue weighted by Crippen LogP contribution is 2.26. The summed E-state index contributed by atoms with van der Waals surface area (Å²) in [7, 11) is 1.56. The van der Waals surface area contributed by atoms with E-state index in [2.05, 4.69) is 9.97 Å². The molecule has 0 aliphatic carbocycles. The molecule has 29 heavy (non-hydrogen) atoms. The summed E-state index contributed by atoms with van der Waals surface area (Å²) in [5.41, 5.74) is 8.06. The molecule has 1 amide bonds. The monoisotopic (exact) mass is 415 g/mol. The zero-order valence-corrected chi connectivity index (χ0v) is 16.8. The number of nitrogens with two attached hydrogens (primary N) is 1. The molecular formula is C20H22ClN5O3. The number of methoxy groups -OCH3 is 1. The Labute approximate surface area is 172 Å². The van der Waals surface area contributed by atoms with Gasteiger partial charge in [-0.3, -0.25) is 14.3 Å². The van der Waals surface area contributed by atoms with Gasteiger partial charge in [-0.1, -0.05) is 11.6 Å². The number of halogens is 1. The second kappa shape index (κ2) is 7.79. The van der Waals surface area contributed by atoms with Crippen molar-refractivity contribution in [2.75, 3.05) is 25.9 Å². The molecule has 3 heterocycles. The molecule has 0 unspecified atom stereocenters. The summed E-state index contributed by atoms with van der Waals surface area (Å²) in [6.45, 7) is 1.11. The highest BCUT2D eigenvalue weighted by molar-refractivity contribution is 6.30. The van der Waals surface area contributed by atoms with Gasteiger partial charge in [-0.2, -0.15) is 0 Å². The second-order valence-corrected chi connectivity index (χ2v) is 7.68. The first-order valence-electron chi connectivity index (χ1n) is 9.41. The van der Waals surface area contributed by atoms with Crippen LogP contribution in [0.1, 0.15) is 24.4 Å². The van der Waals surface area contributed by atoms with Crippen LogP contribution in [0.25, 0.3) is 11.2 Å². The summed E-state index contributed by atoms with van der Waals surface area (Å²) >= 11 is 6.11. The molecule has 1 fully saturated rings. The van der Waals surface area contributed by atoms with Crippen LogP contribution in [0.5, 0.6) is 5.75 Å². The number of nitrogens with one attached hydrogen (secondary N) is 1. The quantitative estimate of drug-likeness (QED) is 0.680. The number of aromatic amines is 1. The Balaban J connectivity index is 1.55. The third kappa shape index (κ3) is 3.93. The molecule has 1 atom stereocenters. The van der Waals surface area contributed by atoms with E-state index in [1.807, 2.05) is 6.07 Å². The zero-order chi connectivity index (χ0) is 20.5. The van der Waals surface area contributed by atoms with Crippen LogP contribution in [-0.4, -0.2) is 45.5 Å². The van der Waals surface area contributed by atoms with E-state index < -0.39 is 0 Å². The van der Waals surface area contributed by atoms with Crippen molar-refractivity contribution in [3.8, 4) is 5.75 Å². The number of aromatic nitrogens is 3. The molecule has 0 bridgehead atoms. The first-order chi connectivity index (χ1) is 13.9. The Morgan fingerprint density at radius 1 is 1.38 bits per heavy atom. The van der Waals surface area contributed by atoms with E-state index in [0.717, 1.165) is 18.4 Å². The van der Waals surface area contributed by atoms with Crippen LogP contribution in [0.2, 0.25) is 5.02 Å². The average molecular weight is 416 g/mol. The van der Waals surface area contributed by atoms with Gasteiger partial charge in [0.25, 0.3) is 0 Å². The minimum Gasteiger partial charge on any atom is -0.497 e. The number of piperidine rings is 1. The van der Waals surface area contributed by atoms with E-state index in [0.29, 0.717) is 40.7 Å². The van der Waals surface area contributed by atoms with Gasteiger partial charge in [0.2, 0.25) is 5.91 Å². The summed E-state index contributed by atoms with van der Waals surface area (Å²) in [6, 6.07) is 6.88. The zero-order valence-electron chi connectivity index (χ0n) is 16.0. The van der Waals surface area contributed by atoms with Crippen LogP contribution in [0.4, 0.5) is 5.69 Å². The highest BCUT2D eigenvalue weighted by atomic mass is 35.5. The maximum Gasteiger partial charge on any atom is 0.327 e. The number of anilines is 1. The molecule has 4 rings (SSSR count). The van der Waals surface area contributed by atoms with E-state index in [1.165, 1.54) is 6.20 Å². The number of nitrogen functional groups attached to an aromatic ring is 1. The maximum absolute atomic E-state index is 12.9. The average Bonchev–Trinajstić information content (AvgIpc) is 3.02. The molecule has 8 nitrogen and oxygen atoms in total. The molecule has 9 heteroatoms. The summed E-state index contributed by atoms with van der Waals surface area (Å²) in [4.78, 5) is 34.2. The number of ether oxygens (including phenoxy) is 1. The number of imidazole rings is 1. The van der Waals surface area contributed by atoms with Gasteiger partial charge in [0, 0.05) is 18.1 Å². The van der Waals surface area contributed by atoms with Crippen LogP contribution in [0, 0.1) is 0 Å². The lowest BCUT2D eigenvalue weighted by molar-refractivity contribution is -0.132. The van der Waals surface area contributed by atoms with E-state index in [9.17, 15) is 9.59 Å². The molecular weight excluding hydrogens is 394 g/mol. The largest absolute Gasteiger partial charge is 0.497 e. The Morgan fingerprint density at radius 2 is 2.21 bits per heavy atom. The van der Waals surface area contributed by atoms with Crippen molar-refractivity contribution < 1.29 is 9.53 Å². The highest BCUT2D eigenvalue weighted by Gasteiger charge is 2.27. The predicted octanol–water partition coefficient (Wildman–Crippen LogP) is 2.38. The molecule has 0 saturated carbocycles. The minimum absolute atomic E-state index is 0.00968.